The van der Waals surface area contributed by atoms with Gasteiger partial charge >= 0.3 is 5.97 Å². The predicted octanol–water partition coefficient (Wildman–Crippen LogP) is 2.53. The molecule has 0 saturated heterocycles. The van der Waals surface area contributed by atoms with E-state index in [2.05, 4.69) is 5.32 Å². The molecular formula is C14H18FNO3S. The van der Waals surface area contributed by atoms with Crippen molar-refractivity contribution < 1.29 is 19.1 Å². The van der Waals surface area contributed by atoms with Gasteiger partial charge in [0.1, 0.15) is 5.82 Å². The van der Waals surface area contributed by atoms with Crippen LogP contribution in [0.25, 0.3) is 0 Å². The molecule has 0 aliphatic carbocycles. The van der Waals surface area contributed by atoms with Gasteiger partial charge in [-0.3, -0.25) is 9.59 Å². The fraction of sp³-hybridized carbons (Fsp3) is 0.429. The number of halogens is 1. The lowest BCUT2D eigenvalue weighted by Crippen LogP contribution is -2.29. The van der Waals surface area contributed by atoms with Gasteiger partial charge in [0.25, 0.3) is 0 Å². The van der Waals surface area contributed by atoms with E-state index in [4.69, 9.17) is 5.11 Å². The Kier molecular flexibility index (Phi) is 7.08. The van der Waals surface area contributed by atoms with Crippen molar-refractivity contribution in [3.8, 4) is 0 Å². The van der Waals surface area contributed by atoms with Crippen LogP contribution in [0.2, 0.25) is 0 Å². The Labute approximate surface area is 121 Å². The lowest BCUT2D eigenvalue weighted by Gasteiger charge is -2.10. The summed E-state index contributed by atoms with van der Waals surface area (Å²) in [5, 5.41) is 11.3. The highest BCUT2D eigenvalue weighted by molar-refractivity contribution is 7.99. The van der Waals surface area contributed by atoms with Crippen LogP contribution in [0.15, 0.2) is 29.2 Å². The SMILES string of the molecule is CC(CNC(=O)CCSc1ccc(F)cc1)CC(=O)O. The first kappa shape index (κ1) is 16.5. The van der Waals surface area contributed by atoms with Crippen LogP contribution in [-0.4, -0.2) is 29.3 Å². The van der Waals surface area contributed by atoms with Crippen molar-refractivity contribution in [2.45, 2.75) is 24.7 Å². The van der Waals surface area contributed by atoms with Crippen molar-refractivity contribution in [1.29, 1.82) is 0 Å². The molecule has 20 heavy (non-hydrogen) atoms. The van der Waals surface area contributed by atoms with E-state index in [1.54, 1.807) is 19.1 Å². The summed E-state index contributed by atoms with van der Waals surface area (Å²) < 4.78 is 12.7. The Bertz CT molecular complexity index is 450. The van der Waals surface area contributed by atoms with Crippen molar-refractivity contribution in [1.82, 2.24) is 5.32 Å². The number of benzene rings is 1. The zero-order valence-electron chi connectivity index (χ0n) is 11.3. The molecule has 0 spiro atoms. The van der Waals surface area contributed by atoms with Crippen LogP contribution in [0.3, 0.4) is 0 Å². The summed E-state index contributed by atoms with van der Waals surface area (Å²) in [5.74, 6) is -0.721. The van der Waals surface area contributed by atoms with E-state index in [1.807, 2.05) is 0 Å². The lowest BCUT2D eigenvalue weighted by atomic mass is 10.1. The zero-order valence-corrected chi connectivity index (χ0v) is 12.1. The first-order valence-electron chi connectivity index (χ1n) is 6.34. The number of carbonyl (C=O) groups excluding carboxylic acids is 1. The van der Waals surface area contributed by atoms with Crippen molar-refractivity contribution >= 4 is 23.6 Å². The number of carbonyl (C=O) groups is 2. The molecule has 0 aliphatic heterocycles. The van der Waals surface area contributed by atoms with Gasteiger partial charge in [-0.2, -0.15) is 0 Å². The average molecular weight is 299 g/mol. The number of rotatable bonds is 8. The number of amides is 1. The van der Waals surface area contributed by atoms with Crippen LogP contribution in [0, 0.1) is 11.7 Å². The van der Waals surface area contributed by atoms with Gasteiger partial charge in [-0.15, -0.1) is 11.8 Å². The Hall–Kier alpha value is -1.56. The van der Waals surface area contributed by atoms with Crippen molar-refractivity contribution in [2.24, 2.45) is 5.92 Å². The largest absolute Gasteiger partial charge is 0.481 e. The van der Waals surface area contributed by atoms with Crippen LogP contribution in [0.4, 0.5) is 4.39 Å². The summed E-state index contributed by atoms with van der Waals surface area (Å²) in [5.41, 5.74) is 0. The molecule has 110 valence electrons. The molecule has 1 rings (SSSR count). The average Bonchev–Trinajstić information content (AvgIpc) is 2.38. The van der Waals surface area contributed by atoms with E-state index >= 15 is 0 Å². The summed E-state index contributed by atoms with van der Waals surface area (Å²) in [7, 11) is 0. The number of carboxylic acid groups (broad SMARTS) is 1. The second-order valence-electron chi connectivity index (χ2n) is 4.56. The minimum Gasteiger partial charge on any atom is -0.481 e. The number of thioether (sulfide) groups is 1. The van der Waals surface area contributed by atoms with Gasteiger partial charge in [0.15, 0.2) is 0 Å². The highest BCUT2D eigenvalue weighted by Crippen LogP contribution is 2.18. The van der Waals surface area contributed by atoms with Crippen LogP contribution < -0.4 is 5.32 Å². The van der Waals surface area contributed by atoms with Gasteiger partial charge < -0.3 is 10.4 Å². The third-order valence-corrected chi connectivity index (χ3v) is 3.60. The molecule has 6 heteroatoms. The van der Waals surface area contributed by atoms with Gasteiger partial charge in [-0.25, -0.2) is 4.39 Å². The molecule has 2 N–H and O–H groups in total. The molecule has 0 heterocycles. The molecule has 1 atom stereocenters. The second kappa shape index (κ2) is 8.58. The van der Waals surface area contributed by atoms with E-state index < -0.39 is 5.97 Å². The Balaban J connectivity index is 2.17. The molecule has 4 nitrogen and oxygen atoms in total. The van der Waals surface area contributed by atoms with Crippen LogP contribution >= 0.6 is 11.8 Å². The molecule has 1 aromatic carbocycles. The smallest absolute Gasteiger partial charge is 0.303 e. The van der Waals surface area contributed by atoms with Gasteiger partial charge in [-0.05, 0) is 30.2 Å². The van der Waals surface area contributed by atoms with Gasteiger partial charge in [-0.1, -0.05) is 6.92 Å². The fourth-order valence-corrected chi connectivity index (χ4v) is 2.39. The molecule has 1 amide bonds. The monoisotopic (exact) mass is 299 g/mol. The quantitative estimate of drug-likeness (QED) is 0.724. The molecule has 1 aromatic rings. The van der Waals surface area contributed by atoms with Crippen LogP contribution in [0.1, 0.15) is 19.8 Å². The second-order valence-corrected chi connectivity index (χ2v) is 5.73. The molecule has 0 saturated carbocycles. The number of nitrogens with one attached hydrogen (secondary N) is 1. The highest BCUT2D eigenvalue weighted by Gasteiger charge is 2.09. The molecule has 0 aromatic heterocycles. The van der Waals surface area contributed by atoms with E-state index in [0.717, 1.165) is 4.90 Å². The normalized spacial score (nSPS) is 11.9. The molecule has 0 aliphatic rings. The van der Waals surface area contributed by atoms with Crippen molar-refractivity contribution in [3.63, 3.8) is 0 Å². The van der Waals surface area contributed by atoms with E-state index in [1.165, 1.54) is 23.9 Å². The number of carboxylic acids is 1. The van der Waals surface area contributed by atoms with Gasteiger partial charge in [0.2, 0.25) is 5.91 Å². The minimum atomic E-state index is -0.862. The van der Waals surface area contributed by atoms with Crippen molar-refractivity contribution in [2.75, 3.05) is 12.3 Å². The maximum atomic E-state index is 12.7. The maximum absolute atomic E-state index is 12.7. The first-order chi connectivity index (χ1) is 9.47. The molecule has 0 radical (unpaired) electrons. The number of hydrogen-bond acceptors (Lipinski definition) is 3. The van der Waals surface area contributed by atoms with Gasteiger partial charge in [0.05, 0.1) is 0 Å². The predicted molar refractivity (Wildman–Crippen MR) is 76.2 cm³/mol. The fourth-order valence-electron chi connectivity index (χ4n) is 1.54. The standard InChI is InChI=1S/C14H18FNO3S/c1-10(8-14(18)19)9-16-13(17)6-7-20-12-4-2-11(15)3-5-12/h2-5,10H,6-9H2,1H3,(H,16,17)(H,18,19). The van der Waals surface area contributed by atoms with Crippen LogP contribution in [-0.2, 0) is 9.59 Å². The summed E-state index contributed by atoms with van der Waals surface area (Å²) in [6.45, 7) is 2.15. The third-order valence-electron chi connectivity index (χ3n) is 2.58. The van der Waals surface area contributed by atoms with Gasteiger partial charge in [0, 0.05) is 30.0 Å². The molecule has 1 unspecified atom stereocenters. The number of hydrogen-bond donors (Lipinski definition) is 2. The molecule has 0 fully saturated rings. The third kappa shape index (κ3) is 7.13. The molecule has 0 bridgehead atoms. The van der Waals surface area contributed by atoms with Crippen molar-refractivity contribution in [3.05, 3.63) is 30.1 Å². The Morgan fingerprint density at radius 2 is 2.00 bits per heavy atom. The summed E-state index contributed by atoms with van der Waals surface area (Å²) >= 11 is 1.48. The summed E-state index contributed by atoms with van der Waals surface area (Å²) in [4.78, 5) is 22.9. The summed E-state index contributed by atoms with van der Waals surface area (Å²) in [6.07, 6.45) is 0.395. The van der Waals surface area contributed by atoms with Crippen LogP contribution in [0.5, 0.6) is 0 Å². The van der Waals surface area contributed by atoms with E-state index in [-0.39, 0.29) is 24.1 Å². The zero-order chi connectivity index (χ0) is 15.0. The highest BCUT2D eigenvalue weighted by atomic mass is 32.2. The van der Waals surface area contributed by atoms with E-state index in [0.29, 0.717) is 18.7 Å². The Morgan fingerprint density at radius 3 is 2.60 bits per heavy atom. The van der Waals surface area contributed by atoms with E-state index in [9.17, 15) is 14.0 Å². The first-order valence-corrected chi connectivity index (χ1v) is 7.33. The number of aliphatic carboxylic acids is 1. The summed E-state index contributed by atoms with van der Waals surface area (Å²) in [6, 6.07) is 6.12. The minimum absolute atomic E-state index is 0.0462. The Morgan fingerprint density at radius 1 is 1.35 bits per heavy atom. The lowest BCUT2D eigenvalue weighted by molar-refractivity contribution is -0.138. The maximum Gasteiger partial charge on any atom is 0.303 e. The topological polar surface area (TPSA) is 66.4 Å². The molecular weight excluding hydrogens is 281 g/mol.